The molecule has 19 heavy (non-hydrogen) atoms. The maximum atomic E-state index is 12.9. The highest BCUT2D eigenvalue weighted by atomic mass is 19.2. The van der Waals surface area contributed by atoms with E-state index in [0.29, 0.717) is 24.7 Å². The summed E-state index contributed by atoms with van der Waals surface area (Å²) in [6.45, 7) is 4.62. The van der Waals surface area contributed by atoms with E-state index in [-0.39, 0.29) is 18.8 Å². The smallest absolute Gasteiger partial charge is 0.338 e. The molecule has 0 radical (unpaired) electrons. The summed E-state index contributed by atoms with van der Waals surface area (Å²) in [5, 5.41) is 0. The molecule has 0 aliphatic rings. The van der Waals surface area contributed by atoms with Crippen LogP contribution in [0.15, 0.2) is 12.1 Å². The van der Waals surface area contributed by atoms with E-state index in [0.717, 1.165) is 0 Å². The van der Waals surface area contributed by atoms with E-state index in [9.17, 15) is 18.0 Å². The summed E-state index contributed by atoms with van der Waals surface area (Å²) >= 11 is 0. The van der Waals surface area contributed by atoms with Crippen molar-refractivity contribution in [2.75, 3.05) is 19.8 Å². The monoisotopic (exact) mass is 276 g/mol. The molecule has 0 fully saturated rings. The third kappa shape index (κ3) is 4.90. The zero-order valence-electron chi connectivity index (χ0n) is 10.7. The third-order valence-electron chi connectivity index (χ3n) is 2.13. The Morgan fingerprint density at radius 2 is 1.74 bits per heavy atom. The molecule has 106 valence electrons. The molecule has 0 heterocycles. The molecule has 0 N–H and O–H groups in total. The van der Waals surface area contributed by atoms with Crippen molar-refractivity contribution >= 4 is 5.97 Å². The molecule has 0 saturated heterocycles. The van der Waals surface area contributed by atoms with Crippen LogP contribution in [0.5, 0.6) is 0 Å². The Labute approximate surface area is 109 Å². The first-order valence-electron chi connectivity index (χ1n) is 5.81. The van der Waals surface area contributed by atoms with Crippen molar-refractivity contribution in [3.8, 4) is 0 Å². The molecular weight excluding hydrogens is 261 g/mol. The largest absolute Gasteiger partial charge is 0.460 e. The summed E-state index contributed by atoms with van der Waals surface area (Å²) in [7, 11) is 0. The number of carbonyl (C=O) groups is 1. The van der Waals surface area contributed by atoms with Crippen molar-refractivity contribution in [2.24, 2.45) is 5.92 Å². The van der Waals surface area contributed by atoms with E-state index in [4.69, 9.17) is 9.47 Å². The summed E-state index contributed by atoms with van der Waals surface area (Å²) < 4.78 is 48.4. The van der Waals surface area contributed by atoms with Crippen LogP contribution in [0.3, 0.4) is 0 Å². The molecule has 0 aliphatic heterocycles. The first-order chi connectivity index (χ1) is 8.91. The summed E-state index contributed by atoms with van der Waals surface area (Å²) in [5.74, 6) is -5.04. The van der Waals surface area contributed by atoms with Gasteiger partial charge >= 0.3 is 5.97 Å². The third-order valence-corrected chi connectivity index (χ3v) is 2.13. The number of carbonyl (C=O) groups excluding carboxylic acids is 1. The van der Waals surface area contributed by atoms with Gasteiger partial charge in [-0.05, 0) is 18.1 Å². The molecule has 6 heteroatoms. The molecule has 1 aromatic carbocycles. The summed E-state index contributed by atoms with van der Waals surface area (Å²) in [6.07, 6.45) is 0. The van der Waals surface area contributed by atoms with E-state index >= 15 is 0 Å². The summed E-state index contributed by atoms with van der Waals surface area (Å²) in [4.78, 5) is 11.4. The quantitative estimate of drug-likeness (QED) is 0.455. The first-order valence-corrected chi connectivity index (χ1v) is 5.81. The van der Waals surface area contributed by atoms with E-state index in [1.165, 1.54) is 0 Å². The average molecular weight is 276 g/mol. The van der Waals surface area contributed by atoms with Crippen molar-refractivity contribution in [2.45, 2.75) is 13.8 Å². The number of benzene rings is 1. The van der Waals surface area contributed by atoms with Crippen LogP contribution in [-0.2, 0) is 9.47 Å². The number of esters is 1. The van der Waals surface area contributed by atoms with Crippen LogP contribution in [0.1, 0.15) is 24.2 Å². The molecule has 1 aromatic rings. The molecule has 0 spiro atoms. The molecule has 0 aliphatic carbocycles. The second kappa shape index (κ2) is 7.13. The van der Waals surface area contributed by atoms with Gasteiger partial charge in [-0.1, -0.05) is 13.8 Å². The van der Waals surface area contributed by atoms with E-state index < -0.39 is 23.4 Å². The van der Waals surface area contributed by atoms with Gasteiger partial charge in [0.25, 0.3) is 0 Å². The van der Waals surface area contributed by atoms with Crippen molar-refractivity contribution in [1.82, 2.24) is 0 Å². The normalized spacial score (nSPS) is 10.8. The second-order valence-corrected chi connectivity index (χ2v) is 4.36. The fourth-order valence-corrected chi connectivity index (χ4v) is 1.27. The molecule has 0 saturated carbocycles. The van der Waals surface area contributed by atoms with Gasteiger partial charge < -0.3 is 9.47 Å². The fraction of sp³-hybridized carbons (Fsp3) is 0.462. The Morgan fingerprint density at radius 1 is 1.16 bits per heavy atom. The average Bonchev–Trinajstić information content (AvgIpc) is 2.34. The lowest BCUT2D eigenvalue weighted by atomic mass is 10.2. The summed E-state index contributed by atoms with van der Waals surface area (Å²) in [6, 6.07) is 1.19. The van der Waals surface area contributed by atoms with Crippen molar-refractivity contribution < 1.29 is 27.4 Å². The second-order valence-electron chi connectivity index (χ2n) is 4.36. The van der Waals surface area contributed by atoms with Gasteiger partial charge in [0.2, 0.25) is 0 Å². The Kier molecular flexibility index (Phi) is 5.82. The van der Waals surface area contributed by atoms with Crippen LogP contribution in [0.4, 0.5) is 13.2 Å². The van der Waals surface area contributed by atoms with E-state index in [1.807, 2.05) is 13.8 Å². The van der Waals surface area contributed by atoms with Crippen molar-refractivity contribution in [3.05, 3.63) is 35.1 Å². The minimum absolute atomic E-state index is 0.0355. The first kappa shape index (κ1) is 15.5. The lowest BCUT2D eigenvalue weighted by molar-refractivity contribution is 0.0276. The molecule has 0 atom stereocenters. The van der Waals surface area contributed by atoms with Gasteiger partial charge in [0.15, 0.2) is 17.5 Å². The number of hydrogen-bond donors (Lipinski definition) is 0. The van der Waals surface area contributed by atoms with Crippen LogP contribution in [0.25, 0.3) is 0 Å². The molecule has 0 amide bonds. The van der Waals surface area contributed by atoms with Crippen molar-refractivity contribution in [3.63, 3.8) is 0 Å². The highest BCUT2D eigenvalue weighted by molar-refractivity contribution is 5.89. The van der Waals surface area contributed by atoms with Crippen LogP contribution in [-0.4, -0.2) is 25.8 Å². The van der Waals surface area contributed by atoms with Gasteiger partial charge in [-0.15, -0.1) is 0 Å². The van der Waals surface area contributed by atoms with Crippen LogP contribution < -0.4 is 0 Å². The Hall–Kier alpha value is -1.56. The lowest BCUT2D eigenvalue weighted by Crippen LogP contribution is -2.13. The Morgan fingerprint density at radius 3 is 2.26 bits per heavy atom. The van der Waals surface area contributed by atoms with Crippen LogP contribution >= 0.6 is 0 Å². The van der Waals surface area contributed by atoms with E-state index in [1.54, 1.807) is 0 Å². The van der Waals surface area contributed by atoms with Crippen LogP contribution in [0.2, 0.25) is 0 Å². The molecule has 1 rings (SSSR count). The maximum absolute atomic E-state index is 12.9. The highest BCUT2D eigenvalue weighted by Crippen LogP contribution is 2.14. The number of ether oxygens (including phenoxy) is 2. The minimum Gasteiger partial charge on any atom is -0.460 e. The standard InChI is InChI=1S/C13H15F3O3/c1-8(2)7-18-3-4-19-13(17)9-5-10(14)12(16)11(15)6-9/h5-6,8H,3-4,7H2,1-2H3. The summed E-state index contributed by atoms with van der Waals surface area (Å²) in [5.41, 5.74) is -0.375. The maximum Gasteiger partial charge on any atom is 0.338 e. The SMILES string of the molecule is CC(C)COCCOC(=O)c1cc(F)c(F)c(F)c1. The van der Waals surface area contributed by atoms with Gasteiger partial charge in [-0.3, -0.25) is 0 Å². The number of rotatable bonds is 6. The fourth-order valence-electron chi connectivity index (χ4n) is 1.27. The predicted octanol–water partition coefficient (Wildman–Crippen LogP) is 2.93. The molecular formula is C13H15F3O3. The topological polar surface area (TPSA) is 35.5 Å². The Balaban J connectivity index is 2.46. The molecule has 0 unspecified atom stereocenters. The minimum atomic E-state index is -1.61. The molecule has 0 aromatic heterocycles. The highest BCUT2D eigenvalue weighted by Gasteiger charge is 2.15. The van der Waals surface area contributed by atoms with Gasteiger partial charge in [-0.25, -0.2) is 18.0 Å². The Bertz CT molecular complexity index is 424. The molecule has 3 nitrogen and oxygen atoms in total. The predicted molar refractivity (Wildman–Crippen MR) is 62.3 cm³/mol. The van der Waals surface area contributed by atoms with Gasteiger partial charge in [0.05, 0.1) is 12.2 Å². The van der Waals surface area contributed by atoms with Crippen LogP contribution in [0, 0.1) is 23.4 Å². The van der Waals surface area contributed by atoms with Gasteiger partial charge in [-0.2, -0.15) is 0 Å². The lowest BCUT2D eigenvalue weighted by Gasteiger charge is -2.08. The zero-order chi connectivity index (χ0) is 14.4. The van der Waals surface area contributed by atoms with Gasteiger partial charge in [0, 0.05) is 6.61 Å². The van der Waals surface area contributed by atoms with E-state index in [2.05, 4.69) is 0 Å². The molecule has 0 bridgehead atoms. The number of hydrogen-bond acceptors (Lipinski definition) is 3. The zero-order valence-corrected chi connectivity index (χ0v) is 10.7. The number of halogens is 3. The van der Waals surface area contributed by atoms with Crippen molar-refractivity contribution in [1.29, 1.82) is 0 Å². The van der Waals surface area contributed by atoms with Gasteiger partial charge in [0.1, 0.15) is 6.61 Å².